The Labute approximate surface area is 395 Å². The van der Waals surface area contributed by atoms with Gasteiger partial charge in [-0.2, -0.15) is 52.7 Å². The highest BCUT2D eigenvalue weighted by molar-refractivity contribution is 6.22. The molecule has 0 fully saturated rings. The number of anilines is 1. The maximum Gasteiger partial charge on any atom is 0.417 e. The van der Waals surface area contributed by atoms with Gasteiger partial charge in [0, 0.05) is 21.9 Å². The second-order valence-corrected chi connectivity index (χ2v) is 16.5. The van der Waals surface area contributed by atoms with Crippen molar-refractivity contribution in [3.63, 3.8) is 0 Å². The van der Waals surface area contributed by atoms with Crippen molar-refractivity contribution in [3.8, 4) is 50.2 Å². The van der Waals surface area contributed by atoms with Crippen LogP contribution in [0.3, 0.4) is 0 Å². The molecule has 358 valence electrons. The van der Waals surface area contributed by atoms with E-state index in [1.807, 2.05) is 0 Å². The highest BCUT2D eigenvalue weighted by Crippen LogP contribution is 2.47. The summed E-state index contributed by atoms with van der Waals surface area (Å²) >= 11 is 0. The van der Waals surface area contributed by atoms with Crippen LogP contribution in [0.2, 0.25) is 0 Å². The van der Waals surface area contributed by atoms with E-state index in [1.54, 1.807) is 97.9 Å². The molecule has 0 atom stereocenters. The lowest BCUT2D eigenvalue weighted by Gasteiger charge is -2.25. The lowest BCUT2D eigenvalue weighted by atomic mass is 9.94. The van der Waals surface area contributed by atoms with Gasteiger partial charge in [0.05, 0.1) is 50.2 Å². The molecule has 1 heterocycles. The first-order valence-electron chi connectivity index (χ1n) is 21.3. The fourth-order valence-corrected chi connectivity index (χ4v) is 8.98. The summed E-state index contributed by atoms with van der Waals surface area (Å²) in [5.41, 5.74) is -5.12. The Balaban J connectivity index is 1.32. The third kappa shape index (κ3) is 8.89. The number of aromatic nitrogens is 1. The molecule has 2 amide bonds. The maximum atomic E-state index is 15.4. The second-order valence-electron chi connectivity index (χ2n) is 16.5. The molecule has 1 aromatic heterocycles. The van der Waals surface area contributed by atoms with E-state index in [4.69, 9.17) is 0 Å². The average molecular weight is 981 g/mol. The molecule has 8 aromatic carbocycles. The monoisotopic (exact) mass is 980 g/mol. The molecule has 0 aliphatic carbocycles. The van der Waals surface area contributed by atoms with Gasteiger partial charge in [-0.25, -0.2) is 4.90 Å². The Morgan fingerprint density at radius 2 is 0.887 bits per heavy atom. The lowest BCUT2D eigenvalue weighted by Crippen LogP contribution is -2.32. The molecule has 0 spiro atoms. The molecule has 9 rings (SSSR count). The molecule has 0 saturated heterocycles. The molecule has 0 radical (unpaired) electrons. The summed E-state index contributed by atoms with van der Waals surface area (Å²) in [7, 11) is 0. The number of fused-ring (bicyclic) bond motifs is 3. The minimum absolute atomic E-state index is 0.0285. The molecule has 16 heteroatoms. The van der Waals surface area contributed by atoms with E-state index in [9.17, 15) is 57.5 Å². The minimum Gasteiger partial charge on any atom is -0.308 e. The number of carbonyl (C=O) groups is 2. The number of halogens is 12. The number of amides is 2. The first kappa shape index (κ1) is 47.9. The molecule has 9 aromatic rings. The fourth-order valence-electron chi connectivity index (χ4n) is 8.98. The standard InChI is InChI=1S/C55H32F12N2O2/c1-31-10-8-17-48(49(31)51(71)68(30-70)50-40(32-11-4-2-5-12-32)15-9-16-41(50)33-13-6-3-7-14-33)69-46-24-18-34(38-22-20-36(52(56,57)58)28-44(38)54(62,63)64)26-42(46)43-27-35(19-25-47(43)69)39-23-21-37(53(59,60)61)29-45(39)55(65,66)67/h2-30H,1H3. The smallest absolute Gasteiger partial charge is 0.308 e. The highest BCUT2D eigenvalue weighted by Gasteiger charge is 2.40. The molecule has 0 aliphatic heterocycles. The van der Waals surface area contributed by atoms with Crippen LogP contribution in [0.25, 0.3) is 72.0 Å². The van der Waals surface area contributed by atoms with Gasteiger partial charge in [-0.15, -0.1) is 0 Å². The number of para-hydroxylation sites is 1. The van der Waals surface area contributed by atoms with Gasteiger partial charge >= 0.3 is 24.7 Å². The van der Waals surface area contributed by atoms with Crippen LogP contribution in [-0.4, -0.2) is 16.9 Å². The van der Waals surface area contributed by atoms with Crippen LogP contribution < -0.4 is 4.90 Å². The van der Waals surface area contributed by atoms with Crippen molar-refractivity contribution in [2.45, 2.75) is 31.6 Å². The van der Waals surface area contributed by atoms with E-state index < -0.39 is 64.0 Å². The van der Waals surface area contributed by atoms with Crippen molar-refractivity contribution < 1.29 is 62.3 Å². The number of hydrogen-bond donors (Lipinski definition) is 0. The quantitative estimate of drug-likeness (QED) is 0.112. The van der Waals surface area contributed by atoms with Crippen LogP contribution in [0.5, 0.6) is 0 Å². The normalized spacial score (nSPS) is 12.4. The predicted octanol–water partition coefficient (Wildman–Crippen LogP) is 16.6. The van der Waals surface area contributed by atoms with Crippen molar-refractivity contribution in [1.82, 2.24) is 4.57 Å². The Bertz CT molecular complexity index is 3350. The number of nitrogens with zero attached hydrogens (tertiary/aromatic N) is 2. The van der Waals surface area contributed by atoms with Gasteiger partial charge in [-0.1, -0.05) is 115 Å². The van der Waals surface area contributed by atoms with Gasteiger partial charge in [0.2, 0.25) is 6.41 Å². The van der Waals surface area contributed by atoms with Gasteiger partial charge in [0.1, 0.15) is 0 Å². The summed E-state index contributed by atoms with van der Waals surface area (Å²) in [6, 6.07) is 37.5. The summed E-state index contributed by atoms with van der Waals surface area (Å²) < 4.78 is 171. The zero-order chi connectivity index (χ0) is 50.8. The van der Waals surface area contributed by atoms with Crippen LogP contribution in [0, 0.1) is 6.92 Å². The Kier molecular flexibility index (Phi) is 11.9. The highest BCUT2D eigenvalue weighted by atomic mass is 19.4. The number of hydrogen-bond acceptors (Lipinski definition) is 2. The molecule has 0 saturated carbocycles. The van der Waals surface area contributed by atoms with E-state index in [0.29, 0.717) is 58.5 Å². The van der Waals surface area contributed by atoms with Crippen molar-refractivity contribution >= 4 is 39.8 Å². The third-order valence-electron chi connectivity index (χ3n) is 12.2. The van der Waals surface area contributed by atoms with E-state index in [-0.39, 0.29) is 62.0 Å². The second kappa shape index (κ2) is 17.7. The van der Waals surface area contributed by atoms with E-state index >= 15 is 4.79 Å². The summed E-state index contributed by atoms with van der Waals surface area (Å²) in [5.74, 6) is -0.837. The summed E-state index contributed by atoms with van der Waals surface area (Å²) in [4.78, 5) is 29.9. The molecule has 0 N–H and O–H groups in total. The van der Waals surface area contributed by atoms with Crippen LogP contribution in [0.1, 0.15) is 38.2 Å². The molecule has 0 aliphatic rings. The summed E-state index contributed by atoms with van der Waals surface area (Å²) in [6.07, 6.45) is -20.5. The zero-order valence-electron chi connectivity index (χ0n) is 36.5. The number of rotatable bonds is 8. The van der Waals surface area contributed by atoms with Crippen LogP contribution in [0.15, 0.2) is 170 Å². The number of aryl methyl sites for hydroxylation is 1. The van der Waals surface area contributed by atoms with Gasteiger partial charge < -0.3 is 4.57 Å². The molecule has 0 bridgehead atoms. The Morgan fingerprint density at radius 3 is 1.30 bits per heavy atom. The number of benzene rings is 8. The van der Waals surface area contributed by atoms with E-state index in [0.717, 1.165) is 4.90 Å². The first-order chi connectivity index (χ1) is 33.6. The first-order valence-corrected chi connectivity index (χ1v) is 21.3. The van der Waals surface area contributed by atoms with Crippen molar-refractivity contribution in [3.05, 3.63) is 203 Å². The van der Waals surface area contributed by atoms with Crippen molar-refractivity contribution in [2.75, 3.05) is 4.90 Å². The predicted molar refractivity (Wildman–Crippen MR) is 247 cm³/mol. The lowest BCUT2D eigenvalue weighted by molar-refractivity contribution is -0.144. The number of carbonyl (C=O) groups excluding carboxylic acids is 2. The molecule has 71 heavy (non-hydrogen) atoms. The fraction of sp³-hybridized carbons (Fsp3) is 0.0909. The van der Waals surface area contributed by atoms with Gasteiger partial charge in [0.25, 0.3) is 5.91 Å². The topological polar surface area (TPSA) is 42.3 Å². The van der Waals surface area contributed by atoms with Crippen LogP contribution in [0.4, 0.5) is 58.4 Å². The van der Waals surface area contributed by atoms with Gasteiger partial charge in [0.15, 0.2) is 0 Å². The summed E-state index contributed by atoms with van der Waals surface area (Å²) in [5, 5.41) is 0.0570. The van der Waals surface area contributed by atoms with E-state index in [2.05, 4.69) is 0 Å². The average Bonchev–Trinajstić information content (AvgIpc) is 3.66. The minimum atomic E-state index is -5.30. The van der Waals surface area contributed by atoms with Gasteiger partial charge in [-0.3, -0.25) is 9.59 Å². The number of alkyl halides is 12. The van der Waals surface area contributed by atoms with E-state index in [1.165, 1.54) is 47.0 Å². The molecular formula is C55H32F12N2O2. The van der Waals surface area contributed by atoms with Crippen LogP contribution >= 0.6 is 0 Å². The molecule has 4 nitrogen and oxygen atoms in total. The van der Waals surface area contributed by atoms with Crippen LogP contribution in [-0.2, 0) is 29.5 Å². The SMILES string of the molecule is Cc1cccc(-n2c3ccc(-c4ccc(C(F)(F)F)cc4C(F)(F)F)cc3c3cc(-c4ccc(C(F)(F)F)cc4C(F)(F)F)ccc32)c1C(=O)N(C=O)c1c(-c2ccccc2)cccc1-c1ccccc1. The largest absolute Gasteiger partial charge is 0.417 e. The molecule has 0 unspecified atom stereocenters. The Hall–Kier alpha value is -8.14. The molecular weight excluding hydrogens is 949 g/mol. The zero-order valence-corrected chi connectivity index (χ0v) is 36.5. The third-order valence-corrected chi connectivity index (χ3v) is 12.2. The Morgan fingerprint density at radius 1 is 0.451 bits per heavy atom. The van der Waals surface area contributed by atoms with Gasteiger partial charge in [-0.05, 0) is 100 Å². The van der Waals surface area contributed by atoms with Crippen molar-refractivity contribution in [2.24, 2.45) is 0 Å². The van der Waals surface area contributed by atoms with Crippen molar-refractivity contribution in [1.29, 1.82) is 0 Å². The maximum absolute atomic E-state index is 15.4. The summed E-state index contributed by atoms with van der Waals surface area (Å²) in [6.45, 7) is 1.59. The number of imide groups is 1.